The van der Waals surface area contributed by atoms with Crippen LogP contribution in [0.5, 0.6) is 5.75 Å². The highest BCUT2D eigenvalue weighted by molar-refractivity contribution is 6.09. The predicted molar refractivity (Wildman–Crippen MR) is 132 cm³/mol. The van der Waals surface area contributed by atoms with Gasteiger partial charge in [0, 0.05) is 43.8 Å². The number of fused-ring (bicyclic) bond motifs is 3. The maximum Gasteiger partial charge on any atom is 0.260 e. The maximum absolute atomic E-state index is 13.8. The minimum absolute atomic E-state index is 0.0549. The number of hydrogen-bond acceptors (Lipinski definition) is 4. The van der Waals surface area contributed by atoms with E-state index in [1.165, 1.54) is 5.56 Å². The molecule has 4 aromatic rings. The summed E-state index contributed by atoms with van der Waals surface area (Å²) in [5, 5.41) is 1.73. The molecule has 6 nitrogen and oxygen atoms in total. The Morgan fingerprint density at radius 2 is 1.79 bits per heavy atom. The second-order valence-electron chi connectivity index (χ2n) is 8.79. The van der Waals surface area contributed by atoms with E-state index in [-0.39, 0.29) is 11.6 Å². The monoisotopic (exact) mass is 445 g/mol. The Bertz CT molecular complexity index is 1300. The molecular formula is C27H31N3O3. The minimum Gasteiger partial charge on any atom is -0.495 e. The first kappa shape index (κ1) is 21.7. The van der Waals surface area contributed by atoms with Crippen molar-refractivity contribution in [1.82, 2.24) is 14.0 Å². The number of methoxy groups -OCH3 is 1. The second-order valence-corrected chi connectivity index (χ2v) is 8.79. The van der Waals surface area contributed by atoms with E-state index in [2.05, 4.69) is 34.6 Å². The number of aromatic nitrogens is 2. The molecule has 5 rings (SSSR count). The lowest BCUT2D eigenvalue weighted by Gasteiger charge is -2.27. The Labute approximate surface area is 193 Å². The molecule has 2 aromatic carbocycles. The summed E-state index contributed by atoms with van der Waals surface area (Å²) in [6.45, 7) is 7.26. The van der Waals surface area contributed by atoms with E-state index in [1.54, 1.807) is 7.11 Å². The largest absolute Gasteiger partial charge is 0.495 e. The fourth-order valence-electron chi connectivity index (χ4n) is 5.01. The van der Waals surface area contributed by atoms with Crippen molar-refractivity contribution in [2.24, 2.45) is 0 Å². The first-order valence-corrected chi connectivity index (χ1v) is 11.7. The van der Waals surface area contributed by atoms with Crippen LogP contribution in [0.3, 0.4) is 0 Å². The molecule has 6 heteroatoms. The van der Waals surface area contributed by atoms with Crippen LogP contribution in [0.1, 0.15) is 18.5 Å². The van der Waals surface area contributed by atoms with Crippen LogP contribution < -0.4 is 10.3 Å². The average molecular weight is 446 g/mol. The number of ether oxygens (including phenoxy) is 2. The molecule has 1 atom stereocenters. The maximum atomic E-state index is 13.8. The summed E-state index contributed by atoms with van der Waals surface area (Å²) in [5.74, 6) is 0.800. The highest BCUT2D eigenvalue weighted by atomic mass is 16.5. The Balaban J connectivity index is 1.58. The van der Waals surface area contributed by atoms with Crippen LogP contribution in [-0.2, 0) is 17.7 Å². The lowest BCUT2D eigenvalue weighted by Crippen LogP contribution is -2.38. The van der Waals surface area contributed by atoms with Crippen molar-refractivity contribution in [3.63, 3.8) is 0 Å². The molecule has 1 aliphatic heterocycles. The van der Waals surface area contributed by atoms with Gasteiger partial charge in [0.15, 0.2) is 0 Å². The van der Waals surface area contributed by atoms with Gasteiger partial charge in [-0.25, -0.2) is 0 Å². The zero-order chi connectivity index (χ0) is 22.8. The first-order valence-electron chi connectivity index (χ1n) is 11.7. The van der Waals surface area contributed by atoms with Crippen molar-refractivity contribution in [1.29, 1.82) is 0 Å². The molecule has 0 N–H and O–H groups in total. The normalized spacial score (nSPS) is 15.8. The molecule has 0 bridgehead atoms. The molecule has 3 heterocycles. The molecular weight excluding hydrogens is 414 g/mol. The molecule has 172 valence electrons. The van der Waals surface area contributed by atoms with Gasteiger partial charge < -0.3 is 18.6 Å². The van der Waals surface area contributed by atoms with Gasteiger partial charge in [0.1, 0.15) is 5.75 Å². The van der Waals surface area contributed by atoms with Gasteiger partial charge in [-0.3, -0.25) is 9.69 Å². The number of nitrogens with zero attached hydrogens (tertiary/aromatic N) is 3. The molecule has 0 aliphatic carbocycles. The lowest BCUT2D eigenvalue weighted by atomic mass is 10.1. The molecule has 1 aliphatic rings. The van der Waals surface area contributed by atoms with Crippen molar-refractivity contribution in [3.05, 3.63) is 76.7 Å². The van der Waals surface area contributed by atoms with Crippen molar-refractivity contribution in [2.75, 3.05) is 40.0 Å². The third-order valence-corrected chi connectivity index (χ3v) is 6.74. The van der Waals surface area contributed by atoms with E-state index in [0.717, 1.165) is 73.4 Å². The number of pyridine rings is 1. The summed E-state index contributed by atoms with van der Waals surface area (Å²) in [6, 6.07) is 18.5. The third-order valence-electron chi connectivity index (χ3n) is 6.74. The van der Waals surface area contributed by atoms with Crippen LogP contribution in [0.25, 0.3) is 21.8 Å². The van der Waals surface area contributed by atoms with E-state index in [1.807, 2.05) is 47.2 Å². The average Bonchev–Trinajstić information content (AvgIpc) is 3.18. The summed E-state index contributed by atoms with van der Waals surface area (Å²) < 4.78 is 15.3. The molecule has 1 unspecified atom stereocenters. The number of rotatable bonds is 7. The van der Waals surface area contributed by atoms with Crippen LogP contribution in [-0.4, -0.2) is 54.0 Å². The fourth-order valence-corrected chi connectivity index (χ4v) is 5.01. The van der Waals surface area contributed by atoms with Crippen molar-refractivity contribution < 1.29 is 9.47 Å². The van der Waals surface area contributed by atoms with E-state index in [0.29, 0.717) is 0 Å². The zero-order valence-electron chi connectivity index (χ0n) is 19.4. The number of hydrogen-bond donors (Lipinski definition) is 0. The Morgan fingerprint density at radius 1 is 1.00 bits per heavy atom. The van der Waals surface area contributed by atoms with Crippen LogP contribution in [0.4, 0.5) is 0 Å². The summed E-state index contributed by atoms with van der Waals surface area (Å²) >= 11 is 0. The standard InChI is InChI=1S/C27H31N3O3/c1-20(19-21-7-4-3-5-8-21)29-12-11-23-25(27(29)31)22-9-6-10-24(32-2)26(22)30(23)14-13-28-15-17-33-18-16-28/h3-12,20H,13-19H2,1-2H3. The molecule has 2 aromatic heterocycles. The molecule has 0 spiro atoms. The SMILES string of the molecule is COc1cccc2c3c(=O)n(C(C)Cc4ccccc4)ccc3n(CCN3CCOCC3)c12. The summed E-state index contributed by atoms with van der Waals surface area (Å²) in [7, 11) is 1.69. The fraction of sp³-hybridized carbons (Fsp3) is 0.370. The number of para-hydroxylation sites is 1. The summed E-state index contributed by atoms with van der Waals surface area (Å²) in [5.41, 5.74) is 3.25. The van der Waals surface area contributed by atoms with Gasteiger partial charge in [0.2, 0.25) is 0 Å². The van der Waals surface area contributed by atoms with Crippen molar-refractivity contribution in [3.8, 4) is 5.75 Å². The molecule has 33 heavy (non-hydrogen) atoms. The highest BCUT2D eigenvalue weighted by Crippen LogP contribution is 2.33. The summed E-state index contributed by atoms with van der Waals surface area (Å²) in [4.78, 5) is 16.2. The van der Waals surface area contributed by atoms with Crippen LogP contribution in [0.2, 0.25) is 0 Å². The van der Waals surface area contributed by atoms with Gasteiger partial charge in [0.05, 0.1) is 36.7 Å². The Morgan fingerprint density at radius 3 is 2.55 bits per heavy atom. The van der Waals surface area contributed by atoms with Crippen LogP contribution >= 0.6 is 0 Å². The van der Waals surface area contributed by atoms with Crippen LogP contribution in [0.15, 0.2) is 65.6 Å². The van der Waals surface area contributed by atoms with E-state index < -0.39 is 0 Å². The van der Waals surface area contributed by atoms with Crippen molar-refractivity contribution in [2.45, 2.75) is 25.9 Å². The van der Waals surface area contributed by atoms with Gasteiger partial charge in [0.25, 0.3) is 5.56 Å². The summed E-state index contributed by atoms with van der Waals surface area (Å²) in [6.07, 6.45) is 2.76. The molecule has 1 fully saturated rings. The zero-order valence-corrected chi connectivity index (χ0v) is 19.4. The van der Waals surface area contributed by atoms with E-state index in [4.69, 9.17) is 9.47 Å². The Hall–Kier alpha value is -3.09. The smallest absolute Gasteiger partial charge is 0.260 e. The highest BCUT2D eigenvalue weighted by Gasteiger charge is 2.20. The minimum atomic E-state index is 0.0549. The van der Waals surface area contributed by atoms with Gasteiger partial charge >= 0.3 is 0 Å². The predicted octanol–water partition coefficient (Wildman–Crippen LogP) is 4.10. The second kappa shape index (κ2) is 9.41. The number of morpholine rings is 1. The van der Waals surface area contributed by atoms with E-state index in [9.17, 15) is 4.79 Å². The molecule has 0 amide bonds. The van der Waals surface area contributed by atoms with Crippen molar-refractivity contribution >= 4 is 21.8 Å². The third kappa shape index (κ3) is 4.16. The lowest BCUT2D eigenvalue weighted by molar-refractivity contribution is 0.0366. The van der Waals surface area contributed by atoms with E-state index >= 15 is 0 Å². The van der Waals surface area contributed by atoms with Gasteiger partial charge in [-0.05, 0) is 31.0 Å². The topological polar surface area (TPSA) is 48.6 Å². The molecule has 1 saturated heterocycles. The van der Waals surface area contributed by atoms with Gasteiger partial charge in [-0.1, -0.05) is 42.5 Å². The molecule has 0 radical (unpaired) electrons. The number of benzene rings is 2. The molecule has 0 saturated carbocycles. The quantitative estimate of drug-likeness (QED) is 0.430. The van der Waals surface area contributed by atoms with Gasteiger partial charge in [-0.2, -0.15) is 0 Å². The van der Waals surface area contributed by atoms with Crippen LogP contribution in [0, 0.1) is 0 Å². The Kier molecular flexibility index (Phi) is 6.20. The first-order chi connectivity index (χ1) is 16.2. The van der Waals surface area contributed by atoms with Gasteiger partial charge in [-0.15, -0.1) is 0 Å².